The molecule has 4 saturated carbocycles. The van der Waals surface area contributed by atoms with E-state index >= 15 is 0 Å². The first-order chi connectivity index (χ1) is 41.4. The zero-order valence-electron chi connectivity index (χ0n) is 51.6. The van der Waals surface area contributed by atoms with Gasteiger partial charge in [-0.1, -0.05) is 53.7 Å². The molecule has 0 radical (unpaired) electrons. The molecule has 0 spiro atoms. The molecule has 5 aliphatic rings. The smallest absolute Gasteiger partial charge is 0.415 e. The SMILES string of the molecule is C=c1c(C)c(O)c(=C)c(C(C)(C)CC(=O)N(C)CCN(CCOCCOCCC(=O)NCCCCC(NC(=O)CCC(C)C2CCC3C4CCC5CCCCC5(C)C4CC(O)C23)C(=O)O)C(=O)Oc2ccc3nc(C4=NC(C(=O)O)CS4)sc3c2)c1O. The Balaban J connectivity index is 0.730. The number of aromatic hydroxyl groups is 2. The molecule has 0 bridgehead atoms. The van der Waals surface area contributed by atoms with Gasteiger partial charge in [0.05, 0.1) is 42.7 Å². The minimum absolute atomic E-state index is 0.0519. The topological polar surface area (TPSA) is 287 Å². The number of nitrogens with one attached hydrogen (secondary N) is 2. The number of rotatable bonds is 29. The molecule has 3 aromatic rings. The lowest BCUT2D eigenvalue weighted by Gasteiger charge is -2.59. The summed E-state index contributed by atoms with van der Waals surface area (Å²) in [6, 6.07) is 3.10. The van der Waals surface area contributed by atoms with Crippen LogP contribution in [-0.2, 0) is 38.9 Å². The number of aliphatic carboxylic acids is 2. The second kappa shape index (κ2) is 29.7. The van der Waals surface area contributed by atoms with Gasteiger partial charge in [0.25, 0.3) is 0 Å². The minimum Gasteiger partial charge on any atom is -0.507 e. The first kappa shape index (κ1) is 67.1. The Hall–Kier alpha value is -5.81. The monoisotopic (exact) mass is 1240 g/mol. The number of aliphatic imine (C=N–C) groups is 1. The van der Waals surface area contributed by atoms with Gasteiger partial charge in [-0.15, -0.1) is 23.1 Å². The Bertz CT molecular complexity index is 3120. The second-order valence-electron chi connectivity index (χ2n) is 26.0. The largest absolute Gasteiger partial charge is 0.507 e. The van der Waals surface area contributed by atoms with Crippen LogP contribution in [0.5, 0.6) is 17.2 Å². The van der Waals surface area contributed by atoms with Crippen molar-refractivity contribution in [2.75, 3.05) is 65.4 Å². The fourth-order valence-corrected chi connectivity index (χ4v) is 17.1. The molecule has 1 aromatic heterocycles. The molecule has 4 amide bonds. The van der Waals surface area contributed by atoms with Gasteiger partial charge in [-0.05, 0) is 137 Å². The first-order valence-electron chi connectivity index (χ1n) is 31.3. The third-order valence-corrected chi connectivity index (χ3v) is 22.2. The van der Waals surface area contributed by atoms with Crippen LogP contribution in [0.2, 0.25) is 0 Å². The quantitative estimate of drug-likeness (QED) is 0.0258. The highest BCUT2D eigenvalue weighted by Gasteiger charge is 2.58. The van der Waals surface area contributed by atoms with Crippen molar-refractivity contribution in [2.45, 2.75) is 161 Å². The molecule has 11 unspecified atom stereocenters. The Kier molecular flexibility index (Phi) is 22.9. The van der Waals surface area contributed by atoms with E-state index in [1.165, 1.54) is 71.4 Å². The van der Waals surface area contributed by atoms with Gasteiger partial charge in [-0.2, -0.15) is 0 Å². The van der Waals surface area contributed by atoms with Crippen LogP contribution in [0.25, 0.3) is 23.4 Å². The van der Waals surface area contributed by atoms with E-state index in [9.17, 15) is 54.3 Å². The van der Waals surface area contributed by atoms with Crippen LogP contribution in [-0.4, -0.2) is 165 Å². The number of phenolic OH excluding ortho intramolecular Hbond substituents is 2. The van der Waals surface area contributed by atoms with Crippen molar-refractivity contribution in [3.8, 4) is 17.2 Å². The number of thioether (sulfide) groups is 1. The average molecular weight is 1250 g/mol. The number of carboxylic acids is 2. The number of nitrogens with zero attached hydrogens (tertiary/aromatic N) is 4. The van der Waals surface area contributed by atoms with Crippen LogP contribution >= 0.6 is 23.1 Å². The number of aromatic nitrogens is 1. The number of carboxylic acid groups (broad SMARTS) is 2. The number of aliphatic hydroxyl groups excluding tert-OH is 1. The summed E-state index contributed by atoms with van der Waals surface area (Å²) in [5.74, 6) is 0.984. The number of thiazole rings is 1. The van der Waals surface area contributed by atoms with E-state index in [0.717, 1.165) is 25.2 Å². The highest BCUT2D eigenvalue weighted by Crippen LogP contribution is 2.64. The maximum Gasteiger partial charge on any atom is 0.415 e. The lowest BCUT2D eigenvalue weighted by molar-refractivity contribution is -0.142. The van der Waals surface area contributed by atoms with Crippen molar-refractivity contribution in [3.63, 3.8) is 0 Å². The fourth-order valence-electron chi connectivity index (χ4n) is 15.0. The number of amides is 4. The molecule has 11 atom stereocenters. The Morgan fingerprint density at radius 1 is 0.885 bits per heavy atom. The van der Waals surface area contributed by atoms with Crippen LogP contribution in [0.4, 0.5) is 4.79 Å². The van der Waals surface area contributed by atoms with E-state index < -0.39 is 35.5 Å². The lowest BCUT2D eigenvalue weighted by Crippen LogP contribution is -2.54. The summed E-state index contributed by atoms with van der Waals surface area (Å²) in [6.07, 6.45) is 12.2. The van der Waals surface area contributed by atoms with E-state index in [1.807, 2.05) is 0 Å². The molecule has 2 heterocycles. The van der Waals surface area contributed by atoms with Gasteiger partial charge in [0, 0.05) is 91.3 Å². The van der Waals surface area contributed by atoms with Crippen LogP contribution < -0.4 is 25.8 Å². The summed E-state index contributed by atoms with van der Waals surface area (Å²) < 4.78 is 18.0. The van der Waals surface area contributed by atoms with Gasteiger partial charge < -0.3 is 60.2 Å². The number of likely N-dealkylation sites (N-methyl/N-ethyl adjacent to an activating group) is 1. The molecule has 4 fully saturated rings. The summed E-state index contributed by atoms with van der Waals surface area (Å²) in [4.78, 5) is 88.8. The molecule has 1 aliphatic heterocycles. The predicted molar refractivity (Wildman–Crippen MR) is 335 cm³/mol. The van der Waals surface area contributed by atoms with Crippen molar-refractivity contribution in [1.82, 2.24) is 25.4 Å². The Labute approximate surface area is 519 Å². The normalized spacial score (nSPS) is 24.9. The van der Waals surface area contributed by atoms with Gasteiger partial charge in [0.15, 0.2) is 6.04 Å². The Morgan fingerprint density at radius 3 is 2.37 bits per heavy atom. The van der Waals surface area contributed by atoms with Crippen molar-refractivity contribution >= 4 is 87.3 Å². The zero-order valence-corrected chi connectivity index (χ0v) is 53.2. The molecule has 478 valence electrons. The average Bonchev–Trinajstić information content (AvgIpc) is 1.82. The summed E-state index contributed by atoms with van der Waals surface area (Å²) in [5.41, 5.74) is 0.727. The van der Waals surface area contributed by atoms with Crippen molar-refractivity contribution in [1.29, 1.82) is 0 Å². The fraction of sp³-hybridized carbons (Fsp3) is 0.662. The van der Waals surface area contributed by atoms with Gasteiger partial charge in [0.2, 0.25) is 17.7 Å². The molecular weight excluding hydrogens is 1150 g/mol. The third kappa shape index (κ3) is 16.2. The van der Waals surface area contributed by atoms with E-state index in [2.05, 4.69) is 47.6 Å². The number of carbonyl (C=O) groups excluding carboxylic acids is 4. The van der Waals surface area contributed by atoms with E-state index in [1.54, 1.807) is 46.0 Å². The highest BCUT2D eigenvalue weighted by molar-refractivity contribution is 8.15. The molecular formula is C65H92N6O14S2. The summed E-state index contributed by atoms with van der Waals surface area (Å²) in [7, 11) is 1.60. The number of benzene rings is 2. The van der Waals surface area contributed by atoms with Crippen LogP contribution in [0.1, 0.15) is 147 Å². The van der Waals surface area contributed by atoms with Gasteiger partial charge in [-0.25, -0.2) is 19.4 Å². The number of phenols is 2. The summed E-state index contributed by atoms with van der Waals surface area (Å²) in [5, 5.41) is 60.0. The van der Waals surface area contributed by atoms with Crippen molar-refractivity contribution in [3.05, 3.63) is 44.8 Å². The molecule has 4 aliphatic carbocycles. The molecule has 8 rings (SSSR count). The van der Waals surface area contributed by atoms with Gasteiger partial charge >= 0.3 is 18.0 Å². The number of fused-ring (bicyclic) bond motifs is 6. The van der Waals surface area contributed by atoms with E-state index in [4.69, 9.17) is 14.2 Å². The third-order valence-electron chi connectivity index (χ3n) is 20.0. The number of hydrogen-bond donors (Lipinski definition) is 7. The number of hydrogen-bond acceptors (Lipinski definition) is 16. The molecule has 87 heavy (non-hydrogen) atoms. The van der Waals surface area contributed by atoms with Crippen LogP contribution in [0.15, 0.2) is 23.2 Å². The number of unbranched alkanes of at least 4 members (excludes halogenated alkanes) is 1. The van der Waals surface area contributed by atoms with E-state index in [0.29, 0.717) is 92.0 Å². The van der Waals surface area contributed by atoms with Gasteiger partial charge in [-0.3, -0.25) is 19.4 Å². The number of carbonyl (C=O) groups is 6. The summed E-state index contributed by atoms with van der Waals surface area (Å²) >= 11 is 2.62. The molecule has 22 heteroatoms. The Morgan fingerprint density at radius 2 is 1.63 bits per heavy atom. The number of ether oxygens (including phenoxy) is 3. The number of aliphatic hydroxyl groups is 1. The maximum absolute atomic E-state index is 13.9. The van der Waals surface area contributed by atoms with Crippen molar-refractivity contribution < 1.29 is 68.5 Å². The highest BCUT2D eigenvalue weighted by atomic mass is 32.2. The molecule has 0 saturated heterocycles. The van der Waals surface area contributed by atoms with Gasteiger partial charge in [0.1, 0.15) is 33.3 Å². The molecule has 7 N–H and O–H groups in total. The molecule has 2 aromatic carbocycles. The first-order valence-corrected chi connectivity index (χ1v) is 33.1. The second-order valence-corrected chi connectivity index (χ2v) is 28.0. The van der Waals surface area contributed by atoms with Crippen LogP contribution in [0, 0.1) is 53.8 Å². The van der Waals surface area contributed by atoms with Crippen LogP contribution in [0.3, 0.4) is 0 Å². The molecule has 20 nitrogen and oxygen atoms in total. The maximum atomic E-state index is 13.9. The lowest BCUT2D eigenvalue weighted by atomic mass is 9.46. The van der Waals surface area contributed by atoms with Crippen molar-refractivity contribution in [2.24, 2.45) is 51.8 Å². The van der Waals surface area contributed by atoms with E-state index in [-0.39, 0.29) is 135 Å². The predicted octanol–water partition coefficient (Wildman–Crippen LogP) is 7.74. The minimum atomic E-state index is -1.09. The standard InChI is InChI=1S/C65H92N6O14S2/c1-37(43-19-20-45-44-18-16-41-13-9-11-24-65(41,7)46(44)34-50(72)55(43)45)15-22-53(74)67-48(61(78)79)14-10-12-25-66-52(73)23-29-83-31-32-84-30-28-71(27-26-70(8)54(75)35-64(5,6)56-40(4)57(76)38(2)39(3)58(56)77)63(82)85-42-17-21-47-51(33-42)87-60(68-47)59-69-49(36-86-59)62(80)81/h17,21,33,37,41,43-46,48-50,55,72,76-77H,3-4,9-16,18-20,22-32,34-36H2,1-2,5-8H3,(H,66,73)(H,67,74)(H,78,79)(H,80,81). The zero-order chi connectivity index (χ0) is 62.9. The summed E-state index contributed by atoms with van der Waals surface area (Å²) in [6.45, 7) is 18.8.